The van der Waals surface area contributed by atoms with Gasteiger partial charge in [0.05, 0.1) is 11.9 Å². The van der Waals surface area contributed by atoms with Gasteiger partial charge in [0.1, 0.15) is 10.3 Å². The second-order valence-corrected chi connectivity index (χ2v) is 3.73. The van der Waals surface area contributed by atoms with Crippen LogP contribution < -0.4 is 0 Å². The maximum Gasteiger partial charge on any atom is 0.433 e. The van der Waals surface area contributed by atoms with Crippen LogP contribution in [0.3, 0.4) is 0 Å². The van der Waals surface area contributed by atoms with Gasteiger partial charge in [-0.2, -0.15) is 13.2 Å². The van der Waals surface area contributed by atoms with Crippen molar-refractivity contribution < 1.29 is 13.2 Å². The molecule has 0 atom stereocenters. The molecular weight excluding hydrogens is 249 g/mol. The molecule has 0 spiro atoms. The molecule has 0 amide bonds. The van der Waals surface area contributed by atoms with Crippen LogP contribution in [0.5, 0.6) is 0 Å². The van der Waals surface area contributed by atoms with E-state index in [2.05, 4.69) is 4.98 Å². The lowest BCUT2D eigenvalue weighted by atomic mass is 10.3. The molecule has 2 aromatic rings. The van der Waals surface area contributed by atoms with Crippen LogP contribution in [0.1, 0.15) is 5.69 Å². The molecule has 2 aromatic heterocycles. The zero-order valence-electron chi connectivity index (χ0n) is 8.48. The fourth-order valence-electron chi connectivity index (χ4n) is 1.34. The fourth-order valence-corrected chi connectivity index (χ4v) is 1.58. The molecule has 2 nitrogen and oxygen atoms in total. The van der Waals surface area contributed by atoms with E-state index in [0.717, 1.165) is 12.3 Å². The lowest BCUT2D eigenvalue weighted by Crippen LogP contribution is -2.08. The van der Waals surface area contributed by atoms with Gasteiger partial charge in [-0.1, -0.05) is 18.3 Å². The van der Waals surface area contributed by atoms with Crippen molar-refractivity contribution in [3.63, 3.8) is 0 Å². The van der Waals surface area contributed by atoms with Crippen molar-refractivity contribution in [2.45, 2.75) is 6.18 Å². The second-order valence-electron chi connectivity index (χ2n) is 3.31. The van der Waals surface area contributed by atoms with Crippen molar-refractivity contribution in [3.8, 4) is 5.69 Å². The largest absolute Gasteiger partial charge is 0.433 e. The number of halogens is 3. The maximum absolute atomic E-state index is 12.3. The zero-order valence-corrected chi connectivity index (χ0v) is 9.29. The van der Waals surface area contributed by atoms with Crippen molar-refractivity contribution in [3.05, 3.63) is 53.1 Å². The Kier molecular flexibility index (Phi) is 2.97. The summed E-state index contributed by atoms with van der Waals surface area (Å²) < 4.78 is 39.0. The third-order valence-corrected chi connectivity index (χ3v) is 2.47. The molecule has 0 aliphatic carbocycles. The lowest BCUT2D eigenvalue weighted by molar-refractivity contribution is -0.141. The Morgan fingerprint density at radius 2 is 1.88 bits per heavy atom. The minimum Gasteiger partial charge on any atom is -0.307 e. The average Bonchev–Trinajstić information content (AvgIpc) is 2.29. The molecule has 0 N–H and O–H groups in total. The second kappa shape index (κ2) is 4.29. The molecule has 2 rings (SSSR count). The minimum atomic E-state index is -4.42. The molecule has 0 aliphatic rings. The Labute approximate surface area is 100 Å². The summed E-state index contributed by atoms with van der Waals surface area (Å²) in [5.74, 6) is 0. The average molecular weight is 256 g/mol. The van der Waals surface area contributed by atoms with Gasteiger partial charge in [0.25, 0.3) is 0 Å². The highest BCUT2D eigenvalue weighted by molar-refractivity contribution is 7.71. The number of aromatic nitrogens is 2. The van der Waals surface area contributed by atoms with Crippen LogP contribution in [0.2, 0.25) is 0 Å². The summed E-state index contributed by atoms with van der Waals surface area (Å²) >= 11 is 5.05. The van der Waals surface area contributed by atoms with E-state index >= 15 is 0 Å². The topological polar surface area (TPSA) is 17.8 Å². The van der Waals surface area contributed by atoms with Crippen LogP contribution in [0.15, 0.2) is 42.7 Å². The fraction of sp³-hybridized carbons (Fsp3) is 0.0909. The predicted octanol–water partition coefficient (Wildman–Crippen LogP) is 3.62. The van der Waals surface area contributed by atoms with E-state index in [1.165, 1.54) is 6.07 Å². The van der Waals surface area contributed by atoms with Crippen molar-refractivity contribution >= 4 is 12.2 Å². The molecule has 0 radical (unpaired) electrons. The highest BCUT2D eigenvalue weighted by atomic mass is 32.1. The number of hydrogen-bond acceptors (Lipinski definition) is 2. The molecular formula is C11H7F3N2S. The molecule has 0 aromatic carbocycles. The SMILES string of the molecule is FC(F)(F)c1ccc(-n2ccccc2=S)cn1. The first-order chi connectivity index (χ1) is 7.98. The predicted molar refractivity (Wildman–Crippen MR) is 59.4 cm³/mol. The van der Waals surface area contributed by atoms with E-state index in [-0.39, 0.29) is 0 Å². The number of hydrogen-bond donors (Lipinski definition) is 0. The van der Waals surface area contributed by atoms with Gasteiger partial charge in [-0.15, -0.1) is 0 Å². The Hall–Kier alpha value is -1.69. The van der Waals surface area contributed by atoms with E-state index in [1.807, 2.05) is 0 Å². The Morgan fingerprint density at radius 3 is 2.41 bits per heavy atom. The maximum atomic E-state index is 12.3. The van der Waals surface area contributed by atoms with Gasteiger partial charge in [0.2, 0.25) is 0 Å². The molecule has 0 unspecified atom stereocenters. The Morgan fingerprint density at radius 1 is 1.12 bits per heavy atom. The van der Waals surface area contributed by atoms with Gasteiger partial charge in [-0.3, -0.25) is 0 Å². The van der Waals surface area contributed by atoms with Gasteiger partial charge in [-0.25, -0.2) is 4.98 Å². The molecule has 0 aliphatic heterocycles. The van der Waals surface area contributed by atoms with Crippen LogP contribution in [0, 0.1) is 4.64 Å². The van der Waals surface area contributed by atoms with E-state index in [4.69, 9.17) is 12.2 Å². The summed E-state index contributed by atoms with van der Waals surface area (Å²) in [6.07, 6.45) is -1.60. The summed E-state index contributed by atoms with van der Waals surface area (Å²) in [7, 11) is 0. The third kappa shape index (κ3) is 2.52. The smallest absolute Gasteiger partial charge is 0.307 e. The Bertz CT molecular complexity index is 572. The molecule has 0 bridgehead atoms. The molecule has 0 saturated carbocycles. The van der Waals surface area contributed by atoms with Crippen molar-refractivity contribution in [2.75, 3.05) is 0 Å². The van der Waals surface area contributed by atoms with Gasteiger partial charge in [-0.05, 0) is 24.3 Å². The van der Waals surface area contributed by atoms with Crippen LogP contribution in [-0.4, -0.2) is 9.55 Å². The number of nitrogens with zero attached hydrogens (tertiary/aromatic N) is 2. The van der Waals surface area contributed by atoms with Crippen molar-refractivity contribution in [1.82, 2.24) is 9.55 Å². The quantitative estimate of drug-likeness (QED) is 0.725. The first kappa shape index (κ1) is 11.8. The highest BCUT2D eigenvalue weighted by Gasteiger charge is 2.32. The third-order valence-electron chi connectivity index (χ3n) is 2.14. The summed E-state index contributed by atoms with van der Waals surface area (Å²) in [6.45, 7) is 0. The normalized spacial score (nSPS) is 11.5. The summed E-state index contributed by atoms with van der Waals surface area (Å²) in [5.41, 5.74) is -0.410. The molecule has 6 heteroatoms. The molecule has 0 fully saturated rings. The van der Waals surface area contributed by atoms with Crippen molar-refractivity contribution in [2.24, 2.45) is 0 Å². The van der Waals surface area contributed by atoms with E-state index in [0.29, 0.717) is 10.3 Å². The van der Waals surface area contributed by atoms with Crippen molar-refractivity contribution in [1.29, 1.82) is 0 Å². The van der Waals surface area contributed by atoms with Crippen LogP contribution in [0.4, 0.5) is 13.2 Å². The van der Waals surface area contributed by atoms with Crippen LogP contribution in [-0.2, 0) is 6.18 Å². The first-order valence-electron chi connectivity index (χ1n) is 4.70. The number of alkyl halides is 3. The Balaban J connectivity index is 2.44. The summed E-state index contributed by atoms with van der Waals surface area (Å²) in [6, 6.07) is 7.46. The monoisotopic (exact) mass is 256 g/mol. The lowest BCUT2D eigenvalue weighted by Gasteiger charge is -2.08. The minimum absolute atomic E-state index is 0.503. The molecule has 0 saturated heterocycles. The number of pyridine rings is 2. The highest BCUT2D eigenvalue weighted by Crippen LogP contribution is 2.27. The van der Waals surface area contributed by atoms with Gasteiger partial charge < -0.3 is 4.57 Å². The number of rotatable bonds is 1. The van der Waals surface area contributed by atoms with Crippen LogP contribution in [0.25, 0.3) is 5.69 Å². The summed E-state index contributed by atoms with van der Waals surface area (Å²) in [4.78, 5) is 3.38. The van der Waals surface area contributed by atoms with E-state index in [1.54, 1.807) is 29.0 Å². The molecule has 17 heavy (non-hydrogen) atoms. The van der Waals surface area contributed by atoms with Gasteiger partial charge in [0.15, 0.2) is 0 Å². The van der Waals surface area contributed by atoms with E-state index in [9.17, 15) is 13.2 Å². The zero-order chi connectivity index (χ0) is 12.5. The first-order valence-corrected chi connectivity index (χ1v) is 5.10. The molecule has 88 valence electrons. The van der Waals surface area contributed by atoms with E-state index < -0.39 is 11.9 Å². The van der Waals surface area contributed by atoms with Gasteiger partial charge >= 0.3 is 6.18 Å². The molecule has 2 heterocycles. The summed E-state index contributed by atoms with van der Waals surface area (Å²) in [5, 5.41) is 0. The van der Waals surface area contributed by atoms with Crippen LogP contribution >= 0.6 is 12.2 Å². The standard InChI is InChI=1S/C11H7F3N2S/c12-11(13,14)9-5-4-8(7-15-9)16-6-2-1-3-10(16)17/h1-7H. The van der Waals surface area contributed by atoms with Gasteiger partial charge in [0, 0.05) is 6.20 Å².